The minimum absolute atomic E-state index is 0.450. The van der Waals surface area contributed by atoms with Crippen LogP contribution in [0.2, 0.25) is 0 Å². The van der Waals surface area contributed by atoms with Crippen LogP contribution in [0.5, 0.6) is 0 Å². The highest BCUT2D eigenvalue weighted by molar-refractivity contribution is 5.20. The third kappa shape index (κ3) is 2.79. The molecule has 0 aliphatic heterocycles. The Labute approximate surface area is 107 Å². The van der Waals surface area contributed by atoms with Gasteiger partial charge in [-0.1, -0.05) is 6.92 Å². The molecule has 0 aromatic carbocycles. The van der Waals surface area contributed by atoms with Crippen LogP contribution in [-0.4, -0.2) is 24.7 Å². The van der Waals surface area contributed by atoms with Crippen molar-refractivity contribution >= 4 is 0 Å². The molecule has 0 aliphatic rings. The SMILES string of the molecule is CCc1nn(C)cc1C(O)CCc1cnn(C)c1. The van der Waals surface area contributed by atoms with Crippen LogP contribution >= 0.6 is 0 Å². The van der Waals surface area contributed by atoms with Crippen LogP contribution in [0.15, 0.2) is 18.6 Å². The van der Waals surface area contributed by atoms with Crippen molar-refractivity contribution in [3.05, 3.63) is 35.4 Å². The lowest BCUT2D eigenvalue weighted by Gasteiger charge is -2.09. The molecule has 5 nitrogen and oxygen atoms in total. The summed E-state index contributed by atoms with van der Waals surface area (Å²) in [5.74, 6) is 0. The van der Waals surface area contributed by atoms with Crippen LogP contribution in [-0.2, 0) is 26.9 Å². The van der Waals surface area contributed by atoms with E-state index >= 15 is 0 Å². The molecular formula is C13H20N4O. The number of hydrogen-bond acceptors (Lipinski definition) is 3. The maximum absolute atomic E-state index is 10.2. The third-order valence-electron chi connectivity index (χ3n) is 3.10. The molecule has 0 saturated carbocycles. The Morgan fingerprint density at radius 2 is 2.06 bits per heavy atom. The molecular weight excluding hydrogens is 228 g/mol. The van der Waals surface area contributed by atoms with Crippen molar-refractivity contribution < 1.29 is 5.11 Å². The number of aromatic nitrogens is 4. The van der Waals surface area contributed by atoms with Gasteiger partial charge in [0.05, 0.1) is 18.0 Å². The van der Waals surface area contributed by atoms with Gasteiger partial charge in [0.15, 0.2) is 0 Å². The standard InChI is InChI=1S/C13H20N4O/c1-4-12-11(9-17(3)15-12)13(18)6-5-10-7-14-16(2)8-10/h7-9,13,18H,4-6H2,1-3H3. The fourth-order valence-corrected chi connectivity index (χ4v) is 2.17. The lowest BCUT2D eigenvalue weighted by molar-refractivity contribution is 0.167. The first-order valence-corrected chi connectivity index (χ1v) is 6.28. The van der Waals surface area contributed by atoms with Crippen LogP contribution in [0.3, 0.4) is 0 Å². The summed E-state index contributed by atoms with van der Waals surface area (Å²) in [6.45, 7) is 2.06. The Hall–Kier alpha value is -1.62. The van der Waals surface area contributed by atoms with Gasteiger partial charge in [-0.3, -0.25) is 9.36 Å². The maximum atomic E-state index is 10.2. The highest BCUT2D eigenvalue weighted by atomic mass is 16.3. The van der Waals surface area contributed by atoms with Gasteiger partial charge >= 0.3 is 0 Å². The molecule has 2 rings (SSSR count). The van der Waals surface area contributed by atoms with Crippen molar-refractivity contribution in [1.82, 2.24) is 19.6 Å². The molecule has 5 heteroatoms. The topological polar surface area (TPSA) is 55.9 Å². The monoisotopic (exact) mass is 248 g/mol. The van der Waals surface area contributed by atoms with Crippen molar-refractivity contribution in [3.8, 4) is 0 Å². The Bertz CT molecular complexity index is 515. The quantitative estimate of drug-likeness (QED) is 0.869. The fraction of sp³-hybridized carbons (Fsp3) is 0.538. The Balaban J connectivity index is 2.00. The van der Waals surface area contributed by atoms with Crippen molar-refractivity contribution in [1.29, 1.82) is 0 Å². The molecule has 2 heterocycles. The third-order valence-corrected chi connectivity index (χ3v) is 3.10. The smallest absolute Gasteiger partial charge is 0.0826 e. The van der Waals surface area contributed by atoms with E-state index in [9.17, 15) is 5.11 Å². The van der Waals surface area contributed by atoms with Crippen molar-refractivity contribution in [3.63, 3.8) is 0 Å². The molecule has 0 fully saturated rings. The summed E-state index contributed by atoms with van der Waals surface area (Å²) >= 11 is 0. The normalized spacial score (nSPS) is 12.9. The van der Waals surface area contributed by atoms with E-state index in [0.717, 1.165) is 29.7 Å². The first-order valence-electron chi connectivity index (χ1n) is 6.28. The predicted octanol–water partition coefficient (Wildman–Crippen LogP) is 1.38. The van der Waals surface area contributed by atoms with Crippen LogP contribution in [0.25, 0.3) is 0 Å². The summed E-state index contributed by atoms with van der Waals surface area (Å²) in [5, 5.41) is 18.7. The van der Waals surface area contributed by atoms with E-state index in [2.05, 4.69) is 17.1 Å². The van der Waals surface area contributed by atoms with Crippen molar-refractivity contribution in [2.24, 2.45) is 14.1 Å². The summed E-state index contributed by atoms with van der Waals surface area (Å²) in [4.78, 5) is 0. The minimum atomic E-state index is -0.450. The van der Waals surface area contributed by atoms with Gasteiger partial charge < -0.3 is 5.11 Å². The van der Waals surface area contributed by atoms with Crippen LogP contribution in [0, 0.1) is 0 Å². The highest BCUT2D eigenvalue weighted by Crippen LogP contribution is 2.22. The largest absolute Gasteiger partial charge is 0.388 e. The molecule has 0 radical (unpaired) electrons. The first kappa shape index (κ1) is 12.8. The highest BCUT2D eigenvalue weighted by Gasteiger charge is 2.15. The molecule has 2 aromatic heterocycles. The van der Waals surface area contributed by atoms with Gasteiger partial charge in [0, 0.05) is 32.1 Å². The molecule has 0 bridgehead atoms. The number of rotatable bonds is 5. The predicted molar refractivity (Wildman–Crippen MR) is 69.1 cm³/mol. The summed E-state index contributed by atoms with van der Waals surface area (Å²) in [7, 11) is 3.78. The number of hydrogen-bond donors (Lipinski definition) is 1. The first-order chi connectivity index (χ1) is 8.60. The van der Waals surface area contributed by atoms with Crippen LogP contribution in [0.1, 0.15) is 36.3 Å². The number of aryl methyl sites for hydroxylation is 4. The van der Waals surface area contributed by atoms with E-state index in [1.165, 1.54) is 0 Å². The van der Waals surface area contributed by atoms with Gasteiger partial charge in [-0.25, -0.2) is 0 Å². The second kappa shape index (κ2) is 5.35. The average molecular weight is 248 g/mol. The zero-order chi connectivity index (χ0) is 13.1. The molecule has 0 spiro atoms. The molecule has 0 aliphatic carbocycles. The fourth-order valence-electron chi connectivity index (χ4n) is 2.17. The molecule has 0 saturated heterocycles. The minimum Gasteiger partial charge on any atom is -0.388 e. The van der Waals surface area contributed by atoms with E-state index in [-0.39, 0.29) is 0 Å². The van der Waals surface area contributed by atoms with Gasteiger partial charge in [0.2, 0.25) is 0 Å². The van der Waals surface area contributed by atoms with E-state index < -0.39 is 6.10 Å². The zero-order valence-electron chi connectivity index (χ0n) is 11.2. The molecule has 18 heavy (non-hydrogen) atoms. The van der Waals surface area contributed by atoms with Crippen LogP contribution < -0.4 is 0 Å². The Kier molecular flexibility index (Phi) is 3.81. The molecule has 1 atom stereocenters. The molecule has 98 valence electrons. The Morgan fingerprint density at radius 1 is 1.28 bits per heavy atom. The van der Waals surface area contributed by atoms with Gasteiger partial charge in [-0.15, -0.1) is 0 Å². The van der Waals surface area contributed by atoms with E-state index in [1.54, 1.807) is 9.36 Å². The van der Waals surface area contributed by atoms with Gasteiger partial charge in [0.1, 0.15) is 0 Å². The molecule has 1 unspecified atom stereocenters. The van der Waals surface area contributed by atoms with Crippen molar-refractivity contribution in [2.45, 2.75) is 32.3 Å². The van der Waals surface area contributed by atoms with Gasteiger partial charge in [-0.2, -0.15) is 10.2 Å². The zero-order valence-corrected chi connectivity index (χ0v) is 11.2. The number of aliphatic hydroxyl groups is 1. The molecule has 0 amide bonds. The Morgan fingerprint density at radius 3 is 2.67 bits per heavy atom. The average Bonchev–Trinajstić information content (AvgIpc) is 2.92. The van der Waals surface area contributed by atoms with Gasteiger partial charge in [-0.05, 0) is 24.8 Å². The maximum Gasteiger partial charge on any atom is 0.0826 e. The summed E-state index contributed by atoms with van der Waals surface area (Å²) < 4.78 is 3.55. The molecule has 1 N–H and O–H groups in total. The second-order valence-corrected chi connectivity index (χ2v) is 4.64. The van der Waals surface area contributed by atoms with E-state index in [0.29, 0.717) is 6.42 Å². The summed E-state index contributed by atoms with van der Waals surface area (Å²) in [6, 6.07) is 0. The van der Waals surface area contributed by atoms with Crippen LogP contribution in [0.4, 0.5) is 0 Å². The molecule has 2 aromatic rings. The van der Waals surface area contributed by atoms with Gasteiger partial charge in [0.25, 0.3) is 0 Å². The van der Waals surface area contributed by atoms with E-state index in [1.807, 2.05) is 32.7 Å². The number of nitrogens with zero attached hydrogens (tertiary/aromatic N) is 4. The van der Waals surface area contributed by atoms with E-state index in [4.69, 9.17) is 0 Å². The second-order valence-electron chi connectivity index (χ2n) is 4.64. The van der Waals surface area contributed by atoms with Crippen molar-refractivity contribution in [2.75, 3.05) is 0 Å². The summed E-state index contributed by atoms with van der Waals surface area (Å²) in [6.07, 6.45) is 7.66. The number of aliphatic hydroxyl groups excluding tert-OH is 1. The lowest BCUT2D eigenvalue weighted by atomic mass is 10.0. The summed E-state index contributed by atoms with van der Waals surface area (Å²) in [5.41, 5.74) is 3.08. The lowest BCUT2D eigenvalue weighted by Crippen LogP contribution is -2.01.